The molecule has 6 nitrogen and oxygen atoms in total. The van der Waals surface area contributed by atoms with Gasteiger partial charge in [0, 0.05) is 24.0 Å². The van der Waals surface area contributed by atoms with Crippen molar-refractivity contribution in [1.82, 2.24) is 9.29 Å². The van der Waals surface area contributed by atoms with E-state index in [-0.39, 0.29) is 0 Å². The number of aromatic nitrogens is 1. The number of piperidine rings is 1. The van der Waals surface area contributed by atoms with Gasteiger partial charge in [0.1, 0.15) is 0 Å². The molecule has 5 rings (SSSR count). The van der Waals surface area contributed by atoms with E-state index in [9.17, 15) is 8.42 Å². The first kappa shape index (κ1) is 25.3. The van der Waals surface area contributed by atoms with Crippen molar-refractivity contribution >= 4 is 32.7 Å². The van der Waals surface area contributed by atoms with Gasteiger partial charge in [-0.3, -0.25) is 5.43 Å². The lowest BCUT2D eigenvalue weighted by atomic mass is 9.91. The normalized spacial score (nSPS) is 15.3. The highest BCUT2D eigenvalue weighted by atomic mass is 32.2. The van der Waals surface area contributed by atoms with Crippen molar-refractivity contribution in [1.29, 1.82) is 0 Å². The predicted octanol–water partition coefficient (Wildman–Crippen LogP) is 6.21. The highest BCUT2D eigenvalue weighted by molar-refractivity contribution is 7.89. The second-order valence-corrected chi connectivity index (χ2v) is 12.2. The van der Waals surface area contributed by atoms with Crippen LogP contribution in [0.5, 0.6) is 0 Å². The zero-order valence-corrected chi connectivity index (χ0v) is 22.4. The van der Waals surface area contributed by atoms with E-state index in [1.807, 2.05) is 54.8 Å². The summed E-state index contributed by atoms with van der Waals surface area (Å²) >= 11 is 1.45. The van der Waals surface area contributed by atoms with E-state index in [0.29, 0.717) is 29.0 Å². The first-order valence-electron chi connectivity index (χ1n) is 12.4. The second kappa shape index (κ2) is 11.4. The number of hydrogen-bond acceptors (Lipinski definition) is 6. The molecular formula is C29H30N4O2S2. The Morgan fingerprint density at radius 2 is 1.70 bits per heavy atom. The number of anilines is 1. The molecule has 190 valence electrons. The topological polar surface area (TPSA) is 74.7 Å². The highest BCUT2D eigenvalue weighted by Gasteiger charge is 2.29. The van der Waals surface area contributed by atoms with Crippen LogP contribution in [0.2, 0.25) is 0 Å². The molecule has 0 radical (unpaired) electrons. The van der Waals surface area contributed by atoms with Crippen LogP contribution < -0.4 is 5.43 Å². The number of nitrogens with one attached hydrogen (secondary N) is 1. The van der Waals surface area contributed by atoms with Gasteiger partial charge in [-0.2, -0.15) is 9.41 Å². The van der Waals surface area contributed by atoms with Crippen LogP contribution in [0.15, 0.2) is 94.2 Å². The largest absolute Gasteiger partial charge is 0.253 e. The fourth-order valence-electron chi connectivity index (χ4n) is 4.52. The molecule has 1 fully saturated rings. The van der Waals surface area contributed by atoms with Crippen molar-refractivity contribution < 1.29 is 8.42 Å². The number of thiazole rings is 1. The SMILES string of the molecule is Cc1ccc(/C=N/Nc2nc(-c3ccc(S(=O)(=O)N4CCC(Cc5ccccc5)CC4)cc3)cs2)cc1. The summed E-state index contributed by atoms with van der Waals surface area (Å²) in [4.78, 5) is 4.91. The van der Waals surface area contributed by atoms with E-state index in [1.54, 1.807) is 22.7 Å². The van der Waals surface area contributed by atoms with Crippen molar-refractivity contribution in [2.24, 2.45) is 11.0 Å². The number of hydrogen-bond donors (Lipinski definition) is 1. The van der Waals surface area contributed by atoms with Crippen molar-refractivity contribution in [3.05, 3.63) is 101 Å². The van der Waals surface area contributed by atoms with E-state index in [0.717, 1.165) is 36.1 Å². The van der Waals surface area contributed by atoms with E-state index in [2.05, 4.69) is 39.8 Å². The summed E-state index contributed by atoms with van der Waals surface area (Å²) in [5.74, 6) is 0.518. The molecule has 0 saturated carbocycles. The quantitative estimate of drug-likeness (QED) is 0.217. The van der Waals surface area contributed by atoms with Crippen LogP contribution in [0.25, 0.3) is 11.3 Å². The standard InChI is InChI=1S/C29H30N4O2S2/c1-22-7-9-25(10-8-22)20-30-32-29-31-28(21-36-29)26-11-13-27(14-12-26)37(34,35)33-17-15-24(16-18-33)19-23-5-3-2-4-6-23/h2-14,20-21,24H,15-19H2,1H3,(H,31,32)/b30-20+. The van der Waals surface area contributed by atoms with Gasteiger partial charge in [-0.25, -0.2) is 13.4 Å². The van der Waals surface area contributed by atoms with E-state index in [1.165, 1.54) is 22.5 Å². The number of rotatable bonds is 8. The first-order valence-corrected chi connectivity index (χ1v) is 14.8. The van der Waals surface area contributed by atoms with Crippen LogP contribution in [0.3, 0.4) is 0 Å². The Morgan fingerprint density at radius 3 is 2.41 bits per heavy atom. The van der Waals surface area contributed by atoms with Crippen LogP contribution >= 0.6 is 11.3 Å². The Bertz CT molecular complexity index is 1440. The average molecular weight is 531 g/mol. The maximum absolute atomic E-state index is 13.2. The molecule has 0 aliphatic carbocycles. The molecule has 0 amide bonds. The summed E-state index contributed by atoms with van der Waals surface area (Å²) in [5.41, 5.74) is 8.15. The zero-order chi connectivity index (χ0) is 25.7. The van der Waals surface area contributed by atoms with Gasteiger partial charge in [0.05, 0.1) is 16.8 Å². The molecule has 3 aromatic carbocycles. The third-order valence-electron chi connectivity index (χ3n) is 6.68. The van der Waals surface area contributed by atoms with Crippen LogP contribution in [0.1, 0.15) is 29.5 Å². The van der Waals surface area contributed by atoms with Gasteiger partial charge in [-0.05, 0) is 55.4 Å². The summed E-state index contributed by atoms with van der Waals surface area (Å²) in [5, 5.41) is 6.87. The number of aryl methyl sites for hydroxylation is 1. The van der Waals surface area contributed by atoms with E-state index >= 15 is 0 Å². The Kier molecular flexibility index (Phi) is 7.79. The molecule has 1 saturated heterocycles. The molecule has 4 aromatic rings. The van der Waals surface area contributed by atoms with Gasteiger partial charge in [0.2, 0.25) is 15.2 Å². The molecule has 0 unspecified atom stereocenters. The fourth-order valence-corrected chi connectivity index (χ4v) is 6.66. The van der Waals surface area contributed by atoms with Gasteiger partial charge in [0.25, 0.3) is 0 Å². The van der Waals surface area contributed by atoms with Crippen LogP contribution in [0.4, 0.5) is 5.13 Å². The Morgan fingerprint density at radius 1 is 1.00 bits per heavy atom. The maximum Gasteiger partial charge on any atom is 0.243 e. The molecule has 0 bridgehead atoms. The monoisotopic (exact) mass is 530 g/mol. The number of benzene rings is 3. The summed E-state index contributed by atoms with van der Waals surface area (Å²) in [6.07, 6.45) is 4.52. The third-order valence-corrected chi connectivity index (χ3v) is 9.34. The third kappa shape index (κ3) is 6.33. The fraction of sp³-hybridized carbons (Fsp3) is 0.241. The smallest absolute Gasteiger partial charge is 0.243 e. The lowest BCUT2D eigenvalue weighted by Gasteiger charge is -2.31. The minimum atomic E-state index is -3.51. The molecule has 37 heavy (non-hydrogen) atoms. The summed E-state index contributed by atoms with van der Waals surface area (Å²) < 4.78 is 28.1. The van der Waals surface area contributed by atoms with E-state index < -0.39 is 10.0 Å². The second-order valence-electron chi connectivity index (χ2n) is 9.38. The molecule has 8 heteroatoms. The average Bonchev–Trinajstić information content (AvgIpc) is 3.40. The van der Waals surface area contributed by atoms with Gasteiger partial charge in [-0.1, -0.05) is 72.3 Å². The first-order chi connectivity index (χ1) is 18.0. The molecule has 1 aliphatic rings. The van der Waals surface area contributed by atoms with Crippen LogP contribution in [0, 0.1) is 12.8 Å². The zero-order valence-electron chi connectivity index (χ0n) is 20.7. The summed E-state index contributed by atoms with van der Waals surface area (Å²) in [6, 6.07) is 25.5. The van der Waals surface area contributed by atoms with Crippen LogP contribution in [-0.2, 0) is 16.4 Å². The number of sulfonamides is 1. The lowest BCUT2D eigenvalue weighted by Crippen LogP contribution is -2.38. The van der Waals surface area contributed by atoms with Gasteiger partial charge < -0.3 is 0 Å². The molecule has 1 N–H and O–H groups in total. The lowest BCUT2D eigenvalue weighted by molar-refractivity contribution is 0.273. The minimum absolute atomic E-state index is 0.328. The molecule has 1 aliphatic heterocycles. The number of hydrazone groups is 1. The minimum Gasteiger partial charge on any atom is -0.253 e. The Labute approximate surface area is 222 Å². The molecular weight excluding hydrogens is 500 g/mol. The van der Waals surface area contributed by atoms with E-state index in [4.69, 9.17) is 0 Å². The highest BCUT2D eigenvalue weighted by Crippen LogP contribution is 2.29. The summed E-state index contributed by atoms with van der Waals surface area (Å²) in [6.45, 7) is 3.17. The Balaban J connectivity index is 1.18. The Hall–Kier alpha value is -3.33. The summed E-state index contributed by atoms with van der Waals surface area (Å²) in [7, 11) is -3.51. The van der Waals surface area contributed by atoms with Crippen molar-refractivity contribution in [2.45, 2.75) is 31.1 Å². The predicted molar refractivity (Wildman–Crippen MR) is 152 cm³/mol. The number of nitrogens with zero attached hydrogens (tertiary/aromatic N) is 3. The maximum atomic E-state index is 13.2. The van der Waals surface area contributed by atoms with Gasteiger partial charge in [0.15, 0.2) is 0 Å². The molecule has 0 atom stereocenters. The van der Waals surface area contributed by atoms with Crippen LogP contribution in [-0.4, -0.2) is 37.0 Å². The van der Waals surface area contributed by atoms with Crippen molar-refractivity contribution in [3.8, 4) is 11.3 Å². The van der Waals surface area contributed by atoms with Crippen molar-refractivity contribution in [2.75, 3.05) is 18.5 Å². The molecule has 0 spiro atoms. The molecule has 2 heterocycles. The van der Waals surface area contributed by atoms with Gasteiger partial charge >= 0.3 is 0 Å². The molecule has 1 aromatic heterocycles. The van der Waals surface area contributed by atoms with Crippen molar-refractivity contribution in [3.63, 3.8) is 0 Å². The van der Waals surface area contributed by atoms with Gasteiger partial charge in [-0.15, -0.1) is 11.3 Å².